The van der Waals surface area contributed by atoms with Crippen LogP contribution in [0, 0.1) is 0 Å². The van der Waals surface area contributed by atoms with Crippen LogP contribution in [0.5, 0.6) is 0 Å². The van der Waals surface area contributed by atoms with Crippen molar-refractivity contribution in [2.75, 3.05) is 6.61 Å². The highest BCUT2D eigenvalue weighted by molar-refractivity contribution is 7.47. The first-order valence-electron chi connectivity index (χ1n) is 8.82. The molecule has 4 nitrogen and oxygen atoms in total. The van der Waals surface area contributed by atoms with Gasteiger partial charge in [0.05, 0.1) is 12.7 Å². The third-order valence-electron chi connectivity index (χ3n) is 5.01. The Bertz CT molecular complexity index is 667. The van der Waals surface area contributed by atoms with E-state index in [4.69, 9.17) is 9.05 Å². The summed E-state index contributed by atoms with van der Waals surface area (Å²) in [6, 6.07) is 21.0. The fourth-order valence-electron chi connectivity index (χ4n) is 3.83. The topological polar surface area (TPSA) is 55.8 Å². The highest BCUT2D eigenvalue weighted by Gasteiger charge is 2.40. The average Bonchev–Trinajstić information content (AvgIpc) is 2.64. The van der Waals surface area contributed by atoms with Crippen LogP contribution in [0.2, 0.25) is 0 Å². The van der Waals surface area contributed by atoms with E-state index in [1.165, 1.54) is 11.1 Å². The van der Waals surface area contributed by atoms with Crippen LogP contribution in [-0.2, 0) is 19.0 Å². The minimum atomic E-state index is -3.95. The lowest BCUT2D eigenvalue weighted by Gasteiger charge is -2.41. The molecule has 1 atom stereocenters. The molecular weight excluding hydrogens is 335 g/mol. The SMILES string of the molecule is CCOP(=O)(O)OC1CCC(c2ccccc2)(c2ccccc2)CC1. The Labute approximate surface area is 149 Å². The molecule has 2 aromatic rings. The second-order valence-corrected chi connectivity index (χ2v) is 7.91. The zero-order valence-electron chi connectivity index (χ0n) is 14.5. The van der Waals surface area contributed by atoms with Crippen molar-refractivity contribution < 1.29 is 18.5 Å². The van der Waals surface area contributed by atoms with Crippen LogP contribution in [0.3, 0.4) is 0 Å². The Morgan fingerprint density at radius 3 is 1.92 bits per heavy atom. The standard InChI is InChI=1S/C20H25O4P/c1-2-23-25(21,22)24-19-13-15-20(16-14-19,17-9-5-3-6-10-17)18-11-7-4-8-12-18/h3-12,19H,2,13-16H2,1H3,(H,21,22). The maximum Gasteiger partial charge on any atom is 0.472 e. The van der Waals surface area contributed by atoms with E-state index >= 15 is 0 Å². The lowest BCUT2D eigenvalue weighted by molar-refractivity contribution is 0.0724. The van der Waals surface area contributed by atoms with Crippen LogP contribution in [0.15, 0.2) is 60.7 Å². The molecule has 0 heterocycles. The van der Waals surface area contributed by atoms with Gasteiger partial charge in [-0.05, 0) is 43.7 Å². The molecule has 1 aliphatic rings. The van der Waals surface area contributed by atoms with Gasteiger partial charge in [0.1, 0.15) is 0 Å². The minimum Gasteiger partial charge on any atom is -0.302 e. The van der Waals surface area contributed by atoms with Gasteiger partial charge in [-0.2, -0.15) is 0 Å². The molecule has 25 heavy (non-hydrogen) atoms. The van der Waals surface area contributed by atoms with Crippen LogP contribution in [0.25, 0.3) is 0 Å². The van der Waals surface area contributed by atoms with Gasteiger partial charge in [0.25, 0.3) is 0 Å². The number of phosphoric ester groups is 1. The molecule has 1 fully saturated rings. The molecule has 0 amide bonds. The maximum absolute atomic E-state index is 11.9. The van der Waals surface area contributed by atoms with Gasteiger partial charge in [-0.1, -0.05) is 60.7 Å². The van der Waals surface area contributed by atoms with Gasteiger partial charge in [0.15, 0.2) is 0 Å². The molecule has 134 valence electrons. The van der Waals surface area contributed by atoms with Gasteiger partial charge in [-0.15, -0.1) is 0 Å². The monoisotopic (exact) mass is 360 g/mol. The first-order chi connectivity index (χ1) is 12.1. The summed E-state index contributed by atoms with van der Waals surface area (Å²) in [6.07, 6.45) is 2.95. The van der Waals surface area contributed by atoms with Gasteiger partial charge in [-0.25, -0.2) is 4.57 Å². The summed E-state index contributed by atoms with van der Waals surface area (Å²) in [5, 5.41) is 0. The van der Waals surface area contributed by atoms with E-state index in [-0.39, 0.29) is 18.1 Å². The number of rotatable bonds is 6. The number of phosphoric acid groups is 1. The van der Waals surface area contributed by atoms with Gasteiger partial charge in [0.2, 0.25) is 0 Å². The summed E-state index contributed by atoms with van der Waals surface area (Å²) < 4.78 is 22.1. The molecule has 1 saturated carbocycles. The van der Waals surface area contributed by atoms with Crippen molar-refractivity contribution in [3.8, 4) is 0 Å². The van der Waals surface area contributed by atoms with Crippen LogP contribution in [0.1, 0.15) is 43.7 Å². The Balaban J connectivity index is 1.82. The summed E-state index contributed by atoms with van der Waals surface area (Å²) in [4.78, 5) is 9.74. The zero-order valence-corrected chi connectivity index (χ0v) is 15.4. The van der Waals surface area contributed by atoms with E-state index in [1.807, 2.05) is 12.1 Å². The molecular formula is C20H25O4P. The smallest absolute Gasteiger partial charge is 0.302 e. The summed E-state index contributed by atoms with van der Waals surface area (Å²) in [5.41, 5.74) is 2.50. The molecule has 1 aliphatic carbocycles. The predicted molar refractivity (Wildman–Crippen MR) is 98.5 cm³/mol. The normalized spacial score (nSPS) is 20.1. The largest absolute Gasteiger partial charge is 0.472 e. The van der Waals surface area contributed by atoms with E-state index in [9.17, 15) is 9.46 Å². The summed E-state index contributed by atoms with van der Waals surface area (Å²) in [7, 11) is -3.95. The molecule has 0 radical (unpaired) electrons. The van der Waals surface area contributed by atoms with Gasteiger partial charge < -0.3 is 4.89 Å². The van der Waals surface area contributed by atoms with E-state index in [1.54, 1.807) is 6.92 Å². The minimum absolute atomic E-state index is 0.0760. The molecule has 0 aromatic heterocycles. The van der Waals surface area contributed by atoms with Crippen molar-refractivity contribution in [2.24, 2.45) is 0 Å². The molecule has 1 N–H and O–H groups in total. The molecule has 0 saturated heterocycles. The third kappa shape index (κ3) is 4.21. The molecule has 5 heteroatoms. The fourth-order valence-corrected chi connectivity index (χ4v) is 4.80. The van der Waals surface area contributed by atoms with Crippen molar-refractivity contribution >= 4 is 7.82 Å². The molecule has 3 rings (SSSR count). The number of benzene rings is 2. The Morgan fingerprint density at radius 1 is 1.00 bits per heavy atom. The van der Waals surface area contributed by atoms with Gasteiger partial charge in [0, 0.05) is 5.41 Å². The van der Waals surface area contributed by atoms with Crippen molar-refractivity contribution in [2.45, 2.75) is 44.1 Å². The fraction of sp³-hybridized carbons (Fsp3) is 0.400. The quantitative estimate of drug-likeness (QED) is 0.731. The number of hydrogen-bond donors (Lipinski definition) is 1. The van der Waals surface area contributed by atoms with Crippen molar-refractivity contribution in [1.82, 2.24) is 0 Å². The van der Waals surface area contributed by atoms with Crippen molar-refractivity contribution in [3.05, 3.63) is 71.8 Å². The van der Waals surface area contributed by atoms with E-state index in [0.717, 1.165) is 25.7 Å². The van der Waals surface area contributed by atoms with E-state index in [2.05, 4.69) is 48.5 Å². The lowest BCUT2D eigenvalue weighted by atomic mass is 9.65. The van der Waals surface area contributed by atoms with Crippen molar-refractivity contribution in [1.29, 1.82) is 0 Å². The molecule has 0 aliphatic heterocycles. The van der Waals surface area contributed by atoms with Crippen LogP contribution in [-0.4, -0.2) is 17.6 Å². The second-order valence-electron chi connectivity index (χ2n) is 6.51. The summed E-state index contributed by atoms with van der Waals surface area (Å²) >= 11 is 0. The first-order valence-corrected chi connectivity index (χ1v) is 10.3. The highest BCUT2D eigenvalue weighted by atomic mass is 31.2. The first kappa shape index (κ1) is 18.3. The molecule has 2 aromatic carbocycles. The number of hydrogen-bond acceptors (Lipinski definition) is 3. The second kappa shape index (κ2) is 7.84. The molecule has 1 unspecified atom stereocenters. The van der Waals surface area contributed by atoms with E-state index in [0.29, 0.717) is 0 Å². The van der Waals surface area contributed by atoms with Crippen LogP contribution >= 0.6 is 7.82 Å². The van der Waals surface area contributed by atoms with Gasteiger partial charge in [-0.3, -0.25) is 9.05 Å². The zero-order chi connectivity index (χ0) is 17.8. The molecule has 0 bridgehead atoms. The third-order valence-corrected chi connectivity index (χ3v) is 6.16. The summed E-state index contributed by atoms with van der Waals surface area (Å²) in [6.45, 7) is 1.85. The van der Waals surface area contributed by atoms with Crippen LogP contribution < -0.4 is 0 Å². The Hall–Kier alpha value is -1.45. The Morgan fingerprint density at radius 2 is 1.48 bits per heavy atom. The predicted octanol–water partition coefficient (Wildman–Crippen LogP) is 5.07. The lowest BCUT2D eigenvalue weighted by Crippen LogP contribution is -2.35. The van der Waals surface area contributed by atoms with Crippen molar-refractivity contribution in [3.63, 3.8) is 0 Å². The maximum atomic E-state index is 11.9. The Kier molecular flexibility index (Phi) is 5.75. The summed E-state index contributed by atoms with van der Waals surface area (Å²) in [5.74, 6) is 0. The van der Waals surface area contributed by atoms with E-state index < -0.39 is 7.82 Å². The average molecular weight is 360 g/mol. The van der Waals surface area contributed by atoms with Crippen LogP contribution in [0.4, 0.5) is 0 Å². The van der Waals surface area contributed by atoms with Gasteiger partial charge >= 0.3 is 7.82 Å². The molecule has 0 spiro atoms. The highest BCUT2D eigenvalue weighted by Crippen LogP contribution is 2.50.